The van der Waals surface area contributed by atoms with Crippen molar-refractivity contribution in [1.82, 2.24) is 15.1 Å². The summed E-state index contributed by atoms with van der Waals surface area (Å²) in [7, 11) is 1.95. The van der Waals surface area contributed by atoms with Gasteiger partial charge in [0.05, 0.1) is 5.69 Å². The van der Waals surface area contributed by atoms with Gasteiger partial charge in [-0.25, -0.2) is 0 Å². The second-order valence-corrected chi connectivity index (χ2v) is 5.28. The molecule has 94 valence electrons. The Morgan fingerprint density at radius 3 is 2.94 bits per heavy atom. The van der Waals surface area contributed by atoms with Crippen LogP contribution in [0.2, 0.25) is 0 Å². The van der Waals surface area contributed by atoms with Crippen molar-refractivity contribution < 1.29 is 0 Å². The van der Waals surface area contributed by atoms with E-state index in [0.29, 0.717) is 0 Å². The van der Waals surface area contributed by atoms with E-state index in [9.17, 15) is 0 Å². The highest BCUT2D eigenvalue weighted by Gasteiger charge is 2.05. The first-order valence-corrected chi connectivity index (χ1v) is 6.75. The summed E-state index contributed by atoms with van der Waals surface area (Å²) in [4.78, 5) is 1.95. The summed E-state index contributed by atoms with van der Waals surface area (Å²) in [6.07, 6.45) is 3.01. The molecule has 4 nitrogen and oxygen atoms in total. The quantitative estimate of drug-likeness (QED) is 0.896. The number of nitrogens with zero attached hydrogens (tertiary/aromatic N) is 3. The van der Waals surface area contributed by atoms with E-state index in [-0.39, 0.29) is 0 Å². The zero-order valence-corrected chi connectivity index (χ0v) is 11.4. The standard InChI is InChI=1S/C13H16N4S/c1-3-13-10(9-17(2)16-13)7-15-8-12-5-4-11(6-14)18-12/h4-5,9,15H,3,7-8H2,1-2H3. The van der Waals surface area contributed by atoms with Crippen molar-refractivity contribution in [2.24, 2.45) is 7.05 Å². The van der Waals surface area contributed by atoms with Crippen LogP contribution in [-0.4, -0.2) is 9.78 Å². The molecule has 0 amide bonds. The first kappa shape index (κ1) is 12.8. The highest BCUT2D eigenvalue weighted by Crippen LogP contribution is 2.15. The number of rotatable bonds is 5. The zero-order valence-electron chi connectivity index (χ0n) is 10.6. The smallest absolute Gasteiger partial charge is 0.110 e. The summed E-state index contributed by atoms with van der Waals surface area (Å²) in [6, 6.07) is 6.02. The summed E-state index contributed by atoms with van der Waals surface area (Å²) < 4.78 is 1.86. The Hall–Kier alpha value is -1.64. The maximum atomic E-state index is 8.75. The van der Waals surface area contributed by atoms with Crippen LogP contribution in [0.1, 0.15) is 27.9 Å². The number of thiophene rings is 1. The lowest BCUT2D eigenvalue weighted by molar-refractivity contribution is 0.695. The maximum absolute atomic E-state index is 8.75. The SMILES string of the molecule is CCc1nn(C)cc1CNCc1ccc(C#N)s1. The van der Waals surface area contributed by atoms with Gasteiger partial charge in [-0.3, -0.25) is 4.68 Å². The average molecular weight is 260 g/mol. The molecule has 2 rings (SSSR count). The third-order valence-electron chi connectivity index (χ3n) is 2.71. The summed E-state index contributed by atoms with van der Waals surface area (Å²) in [5, 5.41) is 16.6. The minimum absolute atomic E-state index is 0.766. The number of nitrogens with one attached hydrogen (secondary N) is 1. The van der Waals surface area contributed by atoms with E-state index < -0.39 is 0 Å². The molecule has 0 spiro atoms. The summed E-state index contributed by atoms with van der Waals surface area (Å²) >= 11 is 1.54. The Morgan fingerprint density at radius 2 is 2.28 bits per heavy atom. The van der Waals surface area contributed by atoms with Crippen LogP contribution in [0.4, 0.5) is 0 Å². The topological polar surface area (TPSA) is 53.6 Å². The number of aryl methyl sites for hydroxylation is 2. The maximum Gasteiger partial charge on any atom is 0.110 e. The normalized spacial score (nSPS) is 10.5. The van der Waals surface area contributed by atoms with E-state index in [1.165, 1.54) is 21.8 Å². The second-order valence-electron chi connectivity index (χ2n) is 4.11. The van der Waals surface area contributed by atoms with E-state index >= 15 is 0 Å². The van der Waals surface area contributed by atoms with Crippen LogP contribution >= 0.6 is 11.3 Å². The fourth-order valence-corrected chi connectivity index (χ4v) is 2.66. The number of hydrogen-bond acceptors (Lipinski definition) is 4. The minimum Gasteiger partial charge on any atom is -0.308 e. The molecule has 2 aromatic rings. The van der Waals surface area contributed by atoms with Gasteiger partial charge in [0.15, 0.2) is 0 Å². The molecule has 0 radical (unpaired) electrons. The van der Waals surface area contributed by atoms with E-state index in [2.05, 4.69) is 29.6 Å². The van der Waals surface area contributed by atoms with Crippen LogP contribution in [0.15, 0.2) is 18.3 Å². The lowest BCUT2D eigenvalue weighted by atomic mass is 10.2. The van der Waals surface area contributed by atoms with Crippen molar-refractivity contribution in [3.8, 4) is 6.07 Å². The van der Waals surface area contributed by atoms with Gasteiger partial charge in [-0.15, -0.1) is 11.3 Å². The minimum atomic E-state index is 0.766. The van der Waals surface area contributed by atoms with Gasteiger partial charge in [0.2, 0.25) is 0 Å². The monoisotopic (exact) mass is 260 g/mol. The molecule has 0 aliphatic rings. The van der Waals surface area contributed by atoms with Crippen LogP contribution in [0.3, 0.4) is 0 Å². The fraction of sp³-hybridized carbons (Fsp3) is 0.385. The highest BCUT2D eigenvalue weighted by molar-refractivity contribution is 7.12. The average Bonchev–Trinajstić information content (AvgIpc) is 2.96. The van der Waals surface area contributed by atoms with Crippen molar-refractivity contribution >= 4 is 11.3 Å². The third-order valence-corrected chi connectivity index (χ3v) is 3.70. The van der Waals surface area contributed by atoms with Gasteiger partial charge < -0.3 is 5.32 Å². The number of nitriles is 1. The molecule has 5 heteroatoms. The van der Waals surface area contributed by atoms with Gasteiger partial charge in [-0.05, 0) is 18.6 Å². The zero-order chi connectivity index (χ0) is 13.0. The first-order chi connectivity index (χ1) is 8.72. The van der Waals surface area contributed by atoms with Crippen LogP contribution < -0.4 is 5.32 Å². The predicted octanol–water partition coefficient (Wildman–Crippen LogP) is 2.21. The van der Waals surface area contributed by atoms with Gasteiger partial charge in [0, 0.05) is 36.8 Å². The van der Waals surface area contributed by atoms with E-state index in [1.54, 1.807) is 0 Å². The molecule has 0 aliphatic heterocycles. The highest BCUT2D eigenvalue weighted by atomic mass is 32.1. The van der Waals surface area contributed by atoms with Crippen LogP contribution in [-0.2, 0) is 26.6 Å². The molecule has 0 saturated carbocycles. The second kappa shape index (κ2) is 5.80. The molecule has 2 heterocycles. The summed E-state index contributed by atoms with van der Waals surface area (Å²) in [5.74, 6) is 0. The van der Waals surface area contributed by atoms with Crippen molar-refractivity contribution in [3.63, 3.8) is 0 Å². The van der Waals surface area contributed by atoms with Crippen molar-refractivity contribution in [2.45, 2.75) is 26.4 Å². The molecule has 1 N–H and O–H groups in total. The number of hydrogen-bond donors (Lipinski definition) is 1. The molecular formula is C13H16N4S. The molecular weight excluding hydrogens is 244 g/mol. The van der Waals surface area contributed by atoms with Crippen LogP contribution in [0, 0.1) is 11.3 Å². The molecule has 0 aromatic carbocycles. The van der Waals surface area contributed by atoms with Crippen molar-refractivity contribution in [1.29, 1.82) is 5.26 Å². The van der Waals surface area contributed by atoms with Crippen molar-refractivity contribution in [3.05, 3.63) is 39.3 Å². The molecule has 0 unspecified atom stereocenters. The van der Waals surface area contributed by atoms with Gasteiger partial charge in [0.1, 0.15) is 10.9 Å². The molecule has 0 saturated heterocycles. The Labute approximate surface area is 111 Å². The first-order valence-electron chi connectivity index (χ1n) is 5.94. The van der Waals surface area contributed by atoms with Crippen LogP contribution in [0.25, 0.3) is 0 Å². The number of aromatic nitrogens is 2. The van der Waals surface area contributed by atoms with E-state index in [1.807, 2.05) is 23.9 Å². The van der Waals surface area contributed by atoms with E-state index in [0.717, 1.165) is 30.1 Å². The predicted molar refractivity (Wildman–Crippen MR) is 72.2 cm³/mol. The van der Waals surface area contributed by atoms with Gasteiger partial charge in [-0.2, -0.15) is 10.4 Å². The lowest BCUT2D eigenvalue weighted by Crippen LogP contribution is -2.12. The van der Waals surface area contributed by atoms with E-state index in [4.69, 9.17) is 5.26 Å². The van der Waals surface area contributed by atoms with Gasteiger partial charge in [-0.1, -0.05) is 6.92 Å². The molecule has 0 bridgehead atoms. The lowest BCUT2D eigenvalue weighted by Gasteiger charge is -2.02. The molecule has 0 atom stereocenters. The van der Waals surface area contributed by atoms with Gasteiger partial charge >= 0.3 is 0 Å². The summed E-state index contributed by atoms with van der Waals surface area (Å²) in [5.41, 5.74) is 2.39. The molecule has 0 aliphatic carbocycles. The Balaban J connectivity index is 1.90. The molecule has 18 heavy (non-hydrogen) atoms. The largest absolute Gasteiger partial charge is 0.308 e. The molecule has 0 fully saturated rings. The Kier molecular flexibility index (Phi) is 4.13. The molecule has 2 aromatic heterocycles. The Bertz CT molecular complexity index is 562. The third kappa shape index (κ3) is 2.97. The summed E-state index contributed by atoms with van der Waals surface area (Å²) in [6.45, 7) is 3.73. The van der Waals surface area contributed by atoms with Gasteiger partial charge in [0.25, 0.3) is 0 Å². The van der Waals surface area contributed by atoms with Crippen LogP contribution in [0.5, 0.6) is 0 Å². The fourth-order valence-electron chi connectivity index (χ4n) is 1.88. The van der Waals surface area contributed by atoms with Crippen molar-refractivity contribution in [2.75, 3.05) is 0 Å². The Morgan fingerprint density at radius 1 is 1.44 bits per heavy atom.